The second-order valence-electron chi connectivity index (χ2n) is 7.56. The first kappa shape index (κ1) is 22.3. The molecule has 30 heavy (non-hydrogen) atoms. The van der Waals surface area contributed by atoms with Gasteiger partial charge < -0.3 is 9.64 Å². The zero-order chi connectivity index (χ0) is 21.6. The van der Waals surface area contributed by atoms with Crippen molar-refractivity contribution in [1.82, 2.24) is 14.5 Å². The number of methoxy groups -OCH3 is 1. The molecule has 162 valence electrons. The highest BCUT2D eigenvalue weighted by atomic mass is 32.2. The Labute approximate surface area is 178 Å². The average molecular weight is 432 g/mol. The molecule has 0 aliphatic carbocycles. The molecule has 0 radical (unpaired) electrons. The van der Waals surface area contributed by atoms with E-state index < -0.39 is 16.1 Å². The van der Waals surface area contributed by atoms with Gasteiger partial charge >= 0.3 is 0 Å². The number of carbonyl (C=O) groups excluding carboxylic acids is 1. The first-order chi connectivity index (χ1) is 14.3. The summed E-state index contributed by atoms with van der Waals surface area (Å²) in [5, 5.41) is 0. The van der Waals surface area contributed by atoms with Crippen LogP contribution in [0, 0.1) is 0 Å². The Kier molecular flexibility index (Phi) is 7.47. The number of ether oxygens (including phenoxy) is 1. The van der Waals surface area contributed by atoms with Crippen LogP contribution in [0.5, 0.6) is 5.75 Å². The Morgan fingerprint density at radius 1 is 1.03 bits per heavy atom. The summed E-state index contributed by atoms with van der Waals surface area (Å²) in [7, 11) is -1.90. The number of hydrogen-bond acceptors (Lipinski definition) is 5. The van der Waals surface area contributed by atoms with Crippen LogP contribution in [0.15, 0.2) is 54.6 Å². The van der Waals surface area contributed by atoms with E-state index in [1.807, 2.05) is 23.1 Å². The van der Waals surface area contributed by atoms with E-state index in [1.54, 1.807) is 31.4 Å². The molecule has 3 rings (SSSR count). The summed E-state index contributed by atoms with van der Waals surface area (Å²) in [6.07, 6.45) is 1.19. The lowest BCUT2D eigenvalue weighted by Crippen LogP contribution is -2.49. The van der Waals surface area contributed by atoms with Crippen molar-refractivity contribution in [2.24, 2.45) is 0 Å². The molecule has 1 atom stereocenters. The van der Waals surface area contributed by atoms with Crippen molar-refractivity contribution >= 4 is 15.9 Å². The van der Waals surface area contributed by atoms with E-state index in [9.17, 15) is 13.2 Å². The van der Waals surface area contributed by atoms with Gasteiger partial charge in [-0.05, 0) is 23.3 Å². The van der Waals surface area contributed by atoms with Crippen LogP contribution in [-0.4, -0.2) is 63.7 Å². The Morgan fingerprint density at radius 2 is 1.67 bits per heavy atom. The summed E-state index contributed by atoms with van der Waals surface area (Å²) in [4.78, 5) is 17.1. The van der Waals surface area contributed by atoms with Crippen LogP contribution in [0.25, 0.3) is 0 Å². The molecule has 0 bridgehead atoms. The summed E-state index contributed by atoms with van der Waals surface area (Å²) in [5.41, 5.74) is 1.99. The summed E-state index contributed by atoms with van der Waals surface area (Å²) < 4.78 is 31.4. The van der Waals surface area contributed by atoms with E-state index in [4.69, 9.17) is 4.74 Å². The molecule has 0 spiro atoms. The third kappa shape index (κ3) is 6.55. The average Bonchev–Trinajstić information content (AvgIpc) is 2.73. The van der Waals surface area contributed by atoms with Crippen LogP contribution in [0.4, 0.5) is 0 Å². The molecule has 1 heterocycles. The first-order valence-corrected chi connectivity index (χ1v) is 11.9. The Hall–Kier alpha value is -2.42. The van der Waals surface area contributed by atoms with Crippen LogP contribution in [-0.2, 0) is 21.4 Å². The van der Waals surface area contributed by atoms with Crippen molar-refractivity contribution in [3.63, 3.8) is 0 Å². The smallest absolute Gasteiger partial charge is 0.224 e. The number of sulfonamides is 1. The molecule has 0 aromatic heterocycles. The van der Waals surface area contributed by atoms with Gasteiger partial charge in [0.2, 0.25) is 15.9 Å². The van der Waals surface area contributed by atoms with E-state index in [0.717, 1.165) is 31.5 Å². The van der Waals surface area contributed by atoms with Crippen LogP contribution < -0.4 is 9.46 Å². The zero-order valence-electron chi connectivity index (χ0n) is 17.5. The van der Waals surface area contributed by atoms with Crippen LogP contribution >= 0.6 is 0 Å². The third-order valence-electron chi connectivity index (χ3n) is 5.23. The number of piperazine rings is 1. The minimum Gasteiger partial charge on any atom is -0.497 e. The number of nitrogens with one attached hydrogen (secondary N) is 1. The number of benzene rings is 2. The molecule has 1 aliphatic heterocycles. The van der Waals surface area contributed by atoms with Crippen molar-refractivity contribution in [3.05, 3.63) is 65.7 Å². The van der Waals surface area contributed by atoms with Gasteiger partial charge in [-0.1, -0.05) is 42.5 Å². The van der Waals surface area contributed by atoms with Gasteiger partial charge in [0.25, 0.3) is 0 Å². The van der Waals surface area contributed by atoms with Gasteiger partial charge in [0.05, 0.1) is 19.4 Å². The second kappa shape index (κ2) is 10.1. The molecule has 0 unspecified atom stereocenters. The van der Waals surface area contributed by atoms with Crippen molar-refractivity contribution in [3.8, 4) is 5.75 Å². The molecule has 1 fully saturated rings. The summed E-state index contributed by atoms with van der Waals surface area (Å²) >= 11 is 0. The van der Waals surface area contributed by atoms with Crippen LogP contribution in [0.1, 0.15) is 23.6 Å². The Bertz CT molecular complexity index is 925. The van der Waals surface area contributed by atoms with E-state index in [0.29, 0.717) is 18.8 Å². The fourth-order valence-electron chi connectivity index (χ4n) is 3.62. The van der Waals surface area contributed by atoms with Gasteiger partial charge in [0.15, 0.2) is 0 Å². The lowest BCUT2D eigenvalue weighted by Gasteiger charge is -2.35. The fraction of sp³-hybridized carbons (Fsp3) is 0.409. The monoisotopic (exact) mass is 431 g/mol. The highest BCUT2D eigenvalue weighted by Gasteiger charge is 2.26. The Morgan fingerprint density at radius 3 is 2.23 bits per heavy atom. The largest absolute Gasteiger partial charge is 0.497 e. The normalized spacial score (nSPS) is 16.3. The molecule has 0 saturated carbocycles. The fourth-order valence-corrected chi connectivity index (χ4v) is 4.36. The number of rotatable bonds is 8. The summed E-state index contributed by atoms with van der Waals surface area (Å²) in [6.45, 7) is 3.74. The quantitative estimate of drug-likeness (QED) is 0.692. The highest BCUT2D eigenvalue weighted by molar-refractivity contribution is 7.88. The van der Waals surface area contributed by atoms with Gasteiger partial charge in [-0.2, -0.15) is 0 Å². The van der Waals surface area contributed by atoms with Gasteiger partial charge in [-0.3, -0.25) is 9.69 Å². The van der Waals surface area contributed by atoms with Crippen molar-refractivity contribution in [2.45, 2.75) is 19.0 Å². The summed E-state index contributed by atoms with van der Waals surface area (Å²) in [6, 6.07) is 16.8. The predicted molar refractivity (Wildman–Crippen MR) is 117 cm³/mol. The number of amides is 1. The number of carbonyl (C=O) groups is 1. The maximum atomic E-state index is 12.9. The van der Waals surface area contributed by atoms with Crippen molar-refractivity contribution < 1.29 is 17.9 Å². The van der Waals surface area contributed by atoms with Gasteiger partial charge in [-0.25, -0.2) is 13.1 Å². The molecule has 7 nitrogen and oxygen atoms in total. The van der Waals surface area contributed by atoms with E-state index in [-0.39, 0.29) is 12.3 Å². The number of hydrogen-bond donors (Lipinski definition) is 1. The zero-order valence-corrected chi connectivity index (χ0v) is 18.3. The first-order valence-electron chi connectivity index (χ1n) is 9.99. The van der Waals surface area contributed by atoms with Crippen molar-refractivity contribution in [2.75, 3.05) is 39.5 Å². The maximum Gasteiger partial charge on any atom is 0.224 e. The SMILES string of the molecule is COc1ccc([C@@H](CC(=O)N2CCN(Cc3ccccc3)CC2)NS(C)(=O)=O)cc1. The molecular weight excluding hydrogens is 402 g/mol. The maximum absolute atomic E-state index is 12.9. The highest BCUT2D eigenvalue weighted by Crippen LogP contribution is 2.22. The second-order valence-corrected chi connectivity index (χ2v) is 9.34. The van der Waals surface area contributed by atoms with Crippen LogP contribution in [0.2, 0.25) is 0 Å². The van der Waals surface area contributed by atoms with Gasteiger partial charge in [-0.15, -0.1) is 0 Å². The lowest BCUT2D eigenvalue weighted by molar-refractivity contribution is -0.133. The lowest BCUT2D eigenvalue weighted by atomic mass is 10.0. The van der Waals surface area contributed by atoms with Crippen molar-refractivity contribution in [1.29, 1.82) is 0 Å². The summed E-state index contributed by atoms with van der Waals surface area (Å²) in [5.74, 6) is 0.629. The van der Waals surface area contributed by atoms with E-state index in [2.05, 4.69) is 21.8 Å². The van der Waals surface area contributed by atoms with E-state index >= 15 is 0 Å². The molecule has 1 N–H and O–H groups in total. The molecule has 8 heteroatoms. The third-order valence-corrected chi connectivity index (χ3v) is 5.94. The molecular formula is C22H29N3O4S. The molecule has 1 amide bonds. The van der Waals surface area contributed by atoms with E-state index in [1.165, 1.54) is 5.56 Å². The number of nitrogens with zero attached hydrogens (tertiary/aromatic N) is 2. The molecule has 1 aliphatic rings. The van der Waals surface area contributed by atoms with Gasteiger partial charge in [0, 0.05) is 39.1 Å². The molecule has 2 aromatic rings. The minimum absolute atomic E-state index is 0.0497. The van der Waals surface area contributed by atoms with Gasteiger partial charge in [0.1, 0.15) is 5.75 Å². The predicted octanol–water partition coefficient (Wildman–Crippen LogP) is 2.02. The minimum atomic E-state index is -3.47. The van der Waals surface area contributed by atoms with Crippen LogP contribution in [0.3, 0.4) is 0 Å². The molecule has 2 aromatic carbocycles. The standard InChI is InChI=1S/C22H29N3O4S/c1-29-20-10-8-19(9-11-20)21(23-30(2,27)28)16-22(26)25-14-12-24(13-15-25)17-18-6-4-3-5-7-18/h3-11,21,23H,12-17H2,1-2H3/t21-/m1/s1. The molecule has 1 saturated heterocycles. The Balaban J connectivity index is 1.60. The topological polar surface area (TPSA) is 79.0 Å².